The fourth-order valence-corrected chi connectivity index (χ4v) is 5.42. The number of hydrogen-bond donors (Lipinski definition) is 2. The highest BCUT2D eigenvalue weighted by molar-refractivity contribution is 6.30. The van der Waals surface area contributed by atoms with Crippen LogP contribution in [-0.2, 0) is 10.2 Å². The van der Waals surface area contributed by atoms with E-state index in [1.165, 1.54) is 18.3 Å². The van der Waals surface area contributed by atoms with Crippen LogP contribution in [0.15, 0.2) is 30.5 Å². The number of fused-ring (bicyclic) bond motifs is 2. The Bertz CT molecular complexity index is 1080. The van der Waals surface area contributed by atoms with E-state index in [0.29, 0.717) is 41.8 Å². The van der Waals surface area contributed by atoms with Gasteiger partial charge in [-0.15, -0.1) is 0 Å². The number of amides is 2. The zero-order valence-electron chi connectivity index (χ0n) is 18.0. The largest absolute Gasteiger partial charge is 0.349 e. The number of pyridine rings is 1. The van der Waals surface area contributed by atoms with E-state index in [2.05, 4.69) is 15.6 Å². The average Bonchev–Trinajstić information content (AvgIpc) is 2.98. The van der Waals surface area contributed by atoms with Crippen LogP contribution in [0.3, 0.4) is 0 Å². The molecule has 168 valence electrons. The minimum absolute atomic E-state index is 0.0798. The summed E-state index contributed by atoms with van der Waals surface area (Å²) in [5.41, 5.74) is 2.28. The molecule has 0 bridgehead atoms. The van der Waals surface area contributed by atoms with Gasteiger partial charge in [-0.1, -0.05) is 17.7 Å². The lowest BCUT2D eigenvalue weighted by molar-refractivity contribution is -0.125. The first-order valence-corrected chi connectivity index (χ1v) is 11.5. The number of aromatic nitrogens is 1. The number of aryl methyl sites for hydroxylation is 1. The highest BCUT2D eigenvalue weighted by Gasteiger charge is 2.55. The standard InChI is InChI=1S/C24H26ClFN4O2/c1-14-19(8-16(25)10-28-14)22(31)29-18-5-2-15(3-6-18)11-30-21-9-17(26)4-7-20(21)24(23(30)32)12-27-13-24/h4,7-10,15,18,27H,2-3,5-6,11-13H2,1H3,(H,29,31). The first-order valence-electron chi connectivity index (χ1n) is 11.1. The van der Waals surface area contributed by atoms with E-state index >= 15 is 0 Å². The molecule has 1 saturated heterocycles. The number of benzene rings is 1. The molecule has 5 rings (SSSR count). The van der Waals surface area contributed by atoms with Gasteiger partial charge in [-0.05, 0) is 62.3 Å². The molecule has 1 saturated carbocycles. The van der Waals surface area contributed by atoms with Crippen molar-refractivity contribution in [3.8, 4) is 0 Å². The number of halogens is 2. The van der Waals surface area contributed by atoms with Crippen molar-refractivity contribution in [3.63, 3.8) is 0 Å². The maximum absolute atomic E-state index is 14.0. The van der Waals surface area contributed by atoms with Crippen LogP contribution in [-0.4, -0.2) is 42.5 Å². The first-order chi connectivity index (χ1) is 15.4. The van der Waals surface area contributed by atoms with Crippen molar-refractivity contribution in [2.75, 3.05) is 24.5 Å². The molecule has 0 atom stereocenters. The van der Waals surface area contributed by atoms with Crippen LogP contribution in [0.5, 0.6) is 0 Å². The van der Waals surface area contributed by atoms with Crippen molar-refractivity contribution >= 4 is 29.1 Å². The Hall–Kier alpha value is -2.51. The molecule has 1 aliphatic carbocycles. The predicted octanol–water partition coefficient (Wildman–Crippen LogP) is 3.36. The maximum Gasteiger partial charge on any atom is 0.253 e. The Morgan fingerprint density at radius 1 is 1.28 bits per heavy atom. The second-order valence-electron chi connectivity index (χ2n) is 9.24. The molecule has 3 heterocycles. The van der Waals surface area contributed by atoms with Gasteiger partial charge < -0.3 is 15.5 Å². The van der Waals surface area contributed by atoms with Crippen LogP contribution in [0.2, 0.25) is 5.02 Å². The van der Waals surface area contributed by atoms with Crippen molar-refractivity contribution in [2.45, 2.75) is 44.1 Å². The van der Waals surface area contributed by atoms with Crippen molar-refractivity contribution in [2.24, 2.45) is 5.92 Å². The smallest absolute Gasteiger partial charge is 0.253 e. The van der Waals surface area contributed by atoms with E-state index in [4.69, 9.17) is 11.6 Å². The Kier molecular flexibility index (Phi) is 5.42. The number of carbonyl (C=O) groups excluding carboxylic acids is 2. The summed E-state index contributed by atoms with van der Waals surface area (Å²) >= 11 is 5.99. The molecule has 8 heteroatoms. The van der Waals surface area contributed by atoms with E-state index in [1.54, 1.807) is 24.0 Å². The summed E-state index contributed by atoms with van der Waals surface area (Å²) in [7, 11) is 0. The number of rotatable bonds is 4. The lowest BCUT2D eigenvalue weighted by atomic mass is 9.76. The van der Waals surface area contributed by atoms with Gasteiger partial charge in [-0.2, -0.15) is 0 Å². The van der Waals surface area contributed by atoms with Crippen molar-refractivity contribution in [3.05, 3.63) is 58.1 Å². The van der Waals surface area contributed by atoms with Crippen LogP contribution >= 0.6 is 11.6 Å². The van der Waals surface area contributed by atoms with Gasteiger partial charge in [0.1, 0.15) is 11.2 Å². The van der Waals surface area contributed by atoms with Crippen LogP contribution < -0.4 is 15.5 Å². The summed E-state index contributed by atoms with van der Waals surface area (Å²) in [4.78, 5) is 31.9. The van der Waals surface area contributed by atoms with E-state index in [1.807, 2.05) is 0 Å². The molecule has 2 aliphatic heterocycles. The fourth-order valence-electron chi connectivity index (χ4n) is 5.26. The molecule has 2 aromatic rings. The molecule has 1 aromatic heterocycles. The van der Waals surface area contributed by atoms with Gasteiger partial charge in [0.25, 0.3) is 5.91 Å². The van der Waals surface area contributed by atoms with E-state index in [0.717, 1.165) is 36.9 Å². The highest BCUT2D eigenvalue weighted by atomic mass is 35.5. The number of nitrogens with one attached hydrogen (secondary N) is 2. The normalized spacial score (nSPS) is 23.7. The molecule has 0 unspecified atom stereocenters. The average molecular weight is 457 g/mol. The van der Waals surface area contributed by atoms with Crippen LogP contribution in [0, 0.1) is 18.7 Å². The molecular formula is C24H26ClFN4O2. The first kappa shape index (κ1) is 21.3. The third kappa shape index (κ3) is 3.57. The summed E-state index contributed by atoms with van der Waals surface area (Å²) < 4.78 is 14.0. The molecule has 1 spiro atoms. The Labute approximate surface area is 191 Å². The summed E-state index contributed by atoms with van der Waals surface area (Å²) in [6.45, 7) is 3.60. The topological polar surface area (TPSA) is 74.3 Å². The van der Waals surface area contributed by atoms with Gasteiger partial charge in [-0.25, -0.2) is 4.39 Å². The minimum Gasteiger partial charge on any atom is -0.349 e. The lowest BCUT2D eigenvalue weighted by Crippen LogP contribution is -2.62. The number of carbonyl (C=O) groups is 2. The SMILES string of the molecule is Cc1ncc(Cl)cc1C(=O)NC1CCC(CN2C(=O)C3(CNC3)c3ccc(F)cc32)CC1. The molecule has 32 heavy (non-hydrogen) atoms. The predicted molar refractivity (Wildman–Crippen MR) is 120 cm³/mol. The van der Waals surface area contributed by atoms with E-state index in [9.17, 15) is 14.0 Å². The van der Waals surface area contributed by atoms with Crippen LogP contribution in [0.25, 0.3) is 0 Å². The maximum atomic E-state index is 14.0. The number of anilines is 1. The van der Waals surface area contributed by atoms with Crippen LogP contribution in [0.4, 0.5) is 10.1 Å². The summed E-state index contributed by atoms with van der Waals surface area (Å²) in [5, 5.41) is 6.75. The van der Waals surface area contributed by atoms with E-state index < -0.39 is 5.41 Å². The number of hydrogen-bond acceptors (Lipinski definition) is 4. The van der Waals surface area contributed by atoms with Gasteiger partial charge in [0.15, 0.2) is 0 Å². The van der Waals surface area contributed by atoms with Crippen LogP contribution in [0.1, 0.15) is 47.3 Å². The highest BCUT2D eigenvalue weighted by Crippen LogP contribution is 2.45. The van der Waals surface area contributed by atoms with Gasteiger partial charge in [-0.3, -0.25) is 14.6 Å². The minimum atomic E-state index is -0.531. The Morgan fingerprint density at radius 3 is 2.72 bits per heavy atom. The summed E-state index contributed by atoms with van der Waals surface area (Å²) in [6, 6.07) is 6.43. The monoisotopic (exact) mass is 456 g/mol. The summed E-state index contributed by atoms with van der Waals surface area (Å²) in [5.74, 6) is -0.0696. The molecule has 1 aromatic carbocycles. The van der Waals surface area contributed by atoms with Gasteiger partial charge in [0.05, 0.1) is 22.0 Å². The van der Waals surface area contributed by atoms with E-state index in [-0.39, 0.29) is 23.7 Å². The molecule has 2 fully saturated rings. The Balaban J connectivity index is 1.22. The molecule has 0 radical (unpaired) electrons. The van der Waals surface area contributed by atoms with Crippen molar-refractivity contribution < 1.29 is 14.0 Å². The third-order valence-corrected chi connectivity index (χ3v) is 7.40. The lowest BCUT2D eigenvalue weighted by Gasteiger charge is -2.38. The molecule has 6 nitrogen and oxygen atoms in total. The third-order valence-electron chi connectivity index (χ3n) is 7.20. The molecule has 2 N–H and O–H groups in total. The zero-order chi connectivity index (χ0) is 22.5. The van der Waals surface area contributed by atoms with Gasteiger partial charge in [0.2, 0.25) is 5.91 Å². The summed E-state index contributed by atoms with van der Waals surface area (Å²) in [6.07, 6.45) is 5.02. The molecule has 2 amide bonds. The fraction of sp³-hybridized carbons (Fsp3) is 0.458. The van der Waals surface area contributed by atoms with Gasteiger partial charge in [0, 0.05) is 31.9 Å². The molecular weight excluding hydrogens is 431 g/mol. The zero-order valence-corrected chi connectivity index (χ0v) is 18.7. The van der Waals surface area contributed by atoms with Crippen molar-refractivity contribution in [1.82, 2.24) is 15.6 Å². The molecule has 3 aliphatic rings. The second kappa shape index (κ2) is 8.12. The van der Waals surface area contributed by atoms with Crippen molar-refractivity contribution in [1.29, 1.82) is 0 Å². The van der Waals surface area contributed by atoms with Gasteiger partial charge >= 0.3 is 0 Å². The Morgan fingerprint density at radius 2 is 2.03 bits per heavy atom. The quantitative estimate of drug-likeness (QED) is 0.739. The second-order valence-corrected chi connectivity index (χ2v) is 9.68. The number of nitrogens with zero attached hydrogens (tertiary/aromatic N) is 2.